The number of thiophene rings is 2. The summed E-state index contributed by atoms with van der Waals surface area (Å²) in [5.74, 6) is -0.280. The molecule has 0 aliphatic carbocycles. The van der Waals surface area contributed by atoms with Gasteiger partial charge in [-0.25, -0.2) is 5.43 Å². The number of hydrazone groups is 1. The Hall–Kier alpha value is -1.69. The maximum atomic E-state index is 12.3. The van der Waals surface area contributed by atoms with Gasteiger partial charge in [-0.1, -0.05) is 30.7 Å². The highest BCUT2D eigenvalue weighted by molar-refractivity contribution is 7.21. The van der Waals surface area contributed by atoms with Crippen molar-refractivity contribution in [2.75, 3.05) is 0 Å². The lowest BCUT2D eigenvalue weighted by molar-refractivity contribution is 0.0959. The molecular weight excluding hydrogens is 348 g/mol. The summed E-state index contributed by atoms with van der Waals surface area (Å²) in [7, 11) is 0. The highest BCUT2D eigenvalue weighted by Gasteiger charge is 2.16. The lowest BCUT2D eigenvalue weighted by Gasteiger charge is -1.96. The van der Waals surface area contributed by atoms with Gasteiger partial charge in [0.15, 0.2) is 0 Å². The fourth-order valence-electron chi connectivity index (χ4n) is 2.18. The Balaban J connectivity index is 1.76. The van der Waals surface area contributed by atoms with Crippen LogP contribution in [0.5, 0.6) is 0 Å². The first-order chi connectivity index (χ1) is 11.1. The third kappa shape index (κ3) is 3.47. The third-order valence-electron chi connectivity index (χ3n) is 3.38. The monoisotopic (exact) mass is 362 g/mol. The van der Waals surface area contributed by atoms with Gasteiger partial charge in [0.1, 0.15) is 4.88 Å². The van der Waals surface area contributed by atoms with Crippen molar-refractivity contribution in [1.29, 1.82) is 0 Å². The van der Waals surface area contributed by atoms with E-state index in [2.05, 4.69) is 23.5 Å². The van der Waals surface area contributed by atoms with Crippen molar-refractivity contribution in [3.63, 3.8) is 0 Å². The second-order valence-electron chi connectivity index (χ2n) is 5.10. The number of nitrogens with one attached hydrogen (secondary N) is 1. The van der Waals surface area contributed by atoms with Crippen LogP contribution in [-0.2, 0) is 6.42 Å². The second kappa shape index (κ2) is 6.83. The third-order valence-corrected chi connectivity index (χ3v) is 6.20. The second-order valence-corrected chi connectivity index (χ2v) is 7.73. The number of carbonyl (C=O) groups is 1. The molecule has 0 atom stereocenters. The van der Waals surface area contributed by atoms with Gasteiger partial charge in [0.2, 0.25) is 0 Å². The van der Waals surface area contributed by atoms with Crippen molar-refractivity contribution < 1.29 is 4.79 Å². The van der Waals surface area contributed by atoms with Crippen LogP contribution in [-0.4, -0.2) is 12.1 Å². The molecule has 3 nitrogen and oxygen atoms in total. The van der Waals surface area contributed by atoms with Gasteiger partial charge in [-0.2, -0.15) is 5.10 Å². The number of carbonyl (C=O) groups excluding carboxylic acids is 1. The predicted molar refractivity (Wildman–Crippen MR) is 100 cm³/mol. The summed E-state index contributed by atoms with van der Waals surface area (Å²) < 4.78 is 1.01. The van der Waals surface area contributed by atoms with E-state index in [1.54, 1.807) is 17.6 Å². The van der Waals surface area contributed by atoms with E-state index < -0.39 is 0 Å². The van der Waals surface area contributed by atoms with Crippen LogP contribution in [0.3, 0.4) is 0 Å². The molecule has 0 saturated heterocycles. The van der Waals surface area contributed by atoms with Crippen LogP contribution in [0.25, 0.3) is 10.1 Å². The van der Waals surface area contributed by atoms with Gasteiger partial charge in [0.25, 0.3) is 5.91 Å². The molecule has 1 amide bonds. The Kier molecular flexibility index (Phi) is 4.80. The van der Waals surface area contributed by atoms with E-state index in [-0.39, 0.29) is 5.91 Å². The Morgan fingerprint density at radius 1 is 1.30 bits per heavy atom. The lowest BCUT2D eigenvalue weighted by atomic mass is 10.2. The number of amides is 1. The molecule has 6 heteroatoms. The molecule has 2 heterocycles. The number of halogens is 1. The molecule has 0 aliphatic heterocycles. The molecule has 0 aliphatic rings. The van der Waals surface area contributed by atoms with E-state index in [4.69, 9.17) is 11.6 Å². The van der Waals surface area contributed by atoms with Gasteiger partial charge < -0.3 is 0 Å². The molecule has 0 unspecified atom stereocenters. The first kappa shape index (κ1) is 16.2. The van der Waals surface area contributed by atoms with E-state index in [0.717, 1.165) is 26.9 Å². The molecule has 1 N–H and O–H groups in total. The summed E-state index contributed by atoms with van der Waals surface area (Å²) >= 11 is 9.37. The van der Waals surface area contributed by atoms with Crippen molar-refractivity contribution in [2.24, 2.45) is 5.10 Å². The van der Waals surface area contributed by atoms with Gasteiger partial charge >= 0.3 is 0 Å². The SMILES string of the molecule is CCc1ccc(/C=N/NC(=O)c2sc3cc(C)ccc3c2Cl)s1. The van der Waals surface area contributed by atoms with Crippen LogP contribution < -0.4 is 5.43 Å². The van der Waals surface area contributed by atoms with Crippen molar-refractivity contribution in [3.05, 3.63) is 55.5 Å². The van der Waals surface area contributed by atoms with E-state index in [9.17, 15) is 4.79 Å². The molecule has 2 aromatic heterocycles. The average Bonchev–Trinajstić information content (AvgIpc) is 3.12. The average molecular weight is 363 g/mol. The Morgan fingerprint density at radius 3 is 2.87 bits per heavy atom. The number of rotatable bonds is 4. The number of nitrogens with zero attached hydrogens (tertiary/aromatic N) is 1. The van der Waals surface area contributed by atoms with Gasteiger partial charge in [0, 0.05) is 19.8 Å². The summed E-state index contributed by atoms with van der Waals surface area (Å²) in [5, 5.41) is 5.42. The first-order valence-corrected chi connectivity index (χ1v) is 9.20. The summed E-state index contributed by atoms with van der Waals surface area (Å²) in [6, 6.07) is 10.0. The van der Waals surface area contributed by atoms with E-state index >= 15 is 0 Å². The zero-order chi connectivity index (χ0) is 16.4. The Morgan fingerprint density at radius 2 is 2.13 bits per heavy atom. The molecule has 118 valence electrons. The molecule has 0 spiro atoms. The fraction of sp³-hybridized carbons (Fsp3) is 0.176. The quantitative estimate of drug-likeness (QED) is 0.499. The summed E-state index contributed by atoms with van der Waals surface area (Å²) in [4.78, 5) is 15.1. The molecule has 3 aromatic rings. The van der Waals surface area contributed by atoms with Gasteiger partial charge in [-0.3, -0.25) is 4.79 Å². The largest absolute Gasteiger partial charge is 0.283 e. The maximum absolute atomic E-state index is 12.3. The van der Waals surface area contributed by atoms with Crippen molar-refractivity contribution in [1.82, 2.24) is 5.43 Å². The number of fused-ring (bicyclic) bond motifs is 1. The summed E-state index contributed by atoms with van der Waals surface area (Å²) in [5.41, 5.74) is 3.70. The fourth-order valence-corrected chi connectivity index (χ4v) is 4.51. The normalized spacial score (nSPS) is 11.4. The molecule has 1 aromatic carbocycles. The van der Waals surface area contributed by atoms with Gasteiger partial charge in [0.05, 0.1) is 11.2 Å². The number of aryl methyl sites for hydroxylation is 2. The van der Waals surface area contributed by atoms with Gasteiger partial charge in [-0.05, 0) is 37.1 Å². The Labute approximate surface area is 147 Å². The zero-order valence-corrected chi connectivity index (χ0v) is 15.1. The number of benzene rings is 1. The first-order valence-electron chi connectivity index (χ1n) is 7.19. The van der Waals surface area contributed by atoms with Crippen molar-refractivity contribution >= 4 is 56.5 Å². The zero-order valence-electron chi connectivity index (χ0n) is 12.7. The molecule has 3 rings (SSSR count). The Bertz CT molecular complexity index is 895. The summed E-state index contributed by atoms with van der Waals surface area (Å²) in [6.45, 7) is 4.13. The lowest BCUT2D eigenvalue weighted by Crippen LogP contribution is -2.16. The molecule has 0 radical (unpaired) electrons. The maximum Gasteiger partial charge on any atom is 0.283 e. The van der Waals surface area contributed by atoms with E-state index in [0.29, 0.717) is 9.90 Å². The van der Waals surface area contributed by atoms with Crippen LogP contribution in [0.15, 0.2) is 35.4 Å². The summed E-state index contributed by atoms with van der Waals surface area (Å²) in [6.07, 6.45) is 2.66. The van der Waals surface area contributed by atoms with Crippen LogP contribution >= 0.6 is 34.3 Å². The highest BCUT2D eigenvalue weighted by Crippen LogP contribution is 2.35. The van der Waals surface area contributed by atoms with Crippen molar-refractivity contribution in [2.45, 2.75) is 20.3 Å². The molecule has 23 heavy (non-hydrogen) atoms. The van der Waals surface area contributed by atoms with Crippen molar-refractivity contribution in [3.8, 4) is 0 Å². The minimum atomic E-state index is -0.280. The number of hydrogen-bond donors (Lipinski definition) is 1. The molecule has 0 saturated carbocycles. The molecule has 0 bridgehead atoms. The van der Waals surface area contributed by atoms with E-state index in [1.807, 2.05) is 31.2 Å². The molecule has 0 fully saturated rings. The minimum absolute atomic E-state index is 0.280. The van der Waals surface area contributed by atoms with Crippen LogP contribution in [0.4, 0.5) is 0 Å². The molecular formula is C17H15ClN2OS2. The van der Waals surface area contributed by atoms with Crippen LogP contribution in [0.1, 0.15) is 31.9 Å². The predicted octanol–water partition coefficient (Wildman–Crippen LogP) is 5.25. The smallest absolute Gasteiger partial charge is 0.266 e. The number of hydrogen-bond acceptors (Lipinski definition) is 4. The topological polar surface area (TPSA) is 41.5 Å². The standard InChI is InChI=1S/C17H15ClN2OS2/c1-3-11-5-6-12(22-11)9-19-20-17(21)16-15(18)13-7-4-10(2)8-14(13)23-16/h4-9H,3H2,1-2H3,(H,20,21)/b19-9+. The highest BCUT2D eigenvalue weighted by atomic mass is 35.5. The van der Waals surface area contributed by atoms with Gasteiger partial charge in [-0.15, -0.1) is 22.7 Å². The van der Waals surface area contributed by atoms with E-state index in [1.165, 1.54) is 16.2 Å². The van der Waals surface area contributed by atoms with Crippen LogP contribution in [0.2, 0.25) is 5.02 Å². The minimum Gasteiger partial charge on any atom is -0.266 e. The van der Waals surface area contributed by atoms with Crippen LogP contribution in [0, 0.1) is 6.92 Å².